The molecular formula is C15H15NO5. The SMILES string of the molecule is O=C(CC1CCCCO1)ON1C(=O)c2ccccc2C1=O. The highest BCUT2D eigenvalue weighted by Gasteiger charge is 2.38. The minimum absolute atomic E-state index is 0.0490. The Morgan fingerprint density at radius 1 is 1.19 bits per heavy atom. The van der Waals surface area contributed by atoms with Crippen LogP contribution in [0.2, 0.25) is 0 Å². The number of rotatable bonds is 3. The number of nitrogens with zero attached hydrogens (tertiary/aromatic N) is 1. The van der Waals surface area contributed by atoms with Gasteiger partial charge in [-0.1, -0.05) is 17.2 Å². The van der Waals surface area contributed by atoms with Gasteiger partial charge in [0.05, 0.1) is 23.7 Å². The molecule has 0 N–H and O–H groups in total. The van der Waals surface area contributed by atoms with E-state index in [1.54, 1.807) is 12.1 Å². The number of imide groups is 1. The molecule has 1 atom stereocenters. The first-order valence-corrected chi connectivity index (χ1v) is 6.97. The molecule has 1 aromatic carbocycles. The Morgan fingerprint density at radius 2 is 1.86 bits per heavy atom. The second-order valence-electron chi connectivity index (χ2n) is 5.11. The largest absolute Gasteiger partial charge is 0.378 e. The molecule has 3 rings (SSSR count). The number of amides is 2. The van der Waals surface area contributed by atoms with Crippen molar-refractivity contribution in [3.63, 3.8) is 0 Å². The van der Waals surface area contributed by atoms with Crippen molar-refractivity contribution in [3.05, 3.63) is 35.4 Å². The maximum absolute atomic E-state index is 12.0. The average Bonchev–Trinajstić information content (AvgIpc) is 2.74. The van der Waals surface area contributed by atoms with Crippen LogP contribution in [0, 0.1) is 0 Å². The molecule has 110 valence electrons. The van der Waals surface area contributed by atoms with Crippen molar-refractivity contribution in [3.8, 4) is 0 Å². The molecule has 1 unspecified atom stereocenters. The molecule has 2 aliphatic rings. The third-order valence-electron chi connectivity index (χ3n) is 3.62. The van der Waals surface area contributed by atoms with Crippen molar-refractivity contribution in [1.29, 1.82) is 0 Å². The summed E-state index contributed by atoms with van der Waals surface area (Å²) in [7, 11) is 0. The highest BCUT2D eigenvalue weighted by Crippen LogP contribution is 2.23. The number of carbonyl (C=O) groups is 3. The number of ether oxygens (including phenoxy) is 1. The normalized spacial score (nSPS) is 21.3. The zero-order valence-corrected chi connectivity index (χ0v) is 11.4. The van der Waals surface area contributed by atoms with Crippen molar-refractivity contribution >= 4 is 17.8 Å². The number of hydrogen-bond donors (Lipinski definition) is 0. The van der Waals surface area contributed by atoms with Gasteiger partial charge in [-0.15, -0.1) is 0 Å². The Kier molecular flexibility index (Phi) is 3.70. The molecule has 1 aromatic rings. The van der Waals surface area contributed by atoms with Gasteiger partial charge >= 0.3 is 5.97 Å². The van der Waals surface area contributed by atoms with Crippen LogP contribution in [0.3, 0.4) is 0 Å². The smallest absolute Gasteiger partial charge is 0.335 e. The predicted octanol–water partition coefficient (Wildman–Crippen LogP) is 1.70. The fraction of sp³-hybridized carbons (Fsp3) is 0.400. The Bertz CT molecular complexity index is 556. The Hall–Kier alpha value is -2.21. The van der Waals surface area contributed by atoms with Gasteiger partial charge in [-0.25, -0.2) is 4.79 Å². The molecular weight excluding hydrogens is 274 g/mol. The highest BCUT2D eigenvalue weighted by molar-refractivity contribution is 6.20. The molecule has 0 spiro atoms. The van der Waals surface area contributed by atoms with Crippen molar-refractivity contribution < 1.29 is 24.0 Å². The van der Waals surface area contributed by atoms with E-state index in [4.69, 9.17) is 9.57 Å². The van der Waals surface area contributed by atoms with Crippen molar-refractivity contribution in [2.24, 2.45) is 0 Å². The molecule has 2 heterocycles. The Morgan fingerprint density at radius 3 is 2.43 bits per heavy atom. The van der Waals surface area contributed by atoms with E-state index < -0.39 is 17.8 Å². The van der Waals surface area contributed by atoms with E-state index in [1.165, 1.54) is 12.1 Å². The summed E-state index contributed by atoms with van der Waals surface area (Å²) in [5, 5.41) is 0.538. The van der Waals surface area contributed by atoms with E-state index in [1.807, 2.05) is 0 Å². The predicted molar refractivity (Wildman–Crippen MR) is 71.2 cm³/mol. The molecule has 1 fully saturated rings. The third-order valence-corrected chi connectivity index (χ3v) is 3.62. The number of fused-ring (bicyclic) bond motifs is 1. The van der Waals surface area contributed by atoms with Crippen LogP contribution in [-0.2, 0) is 14.4 Å². The number of hydroxylamine groups is 2. The standard InChI is InChI=1S/C15H15NO5/c17-13(9-10-5-3-4-8-20-10)21-16-14(18)11-6-1-2-7-12(11)15(16)19/h1-2,6-7,10H,3-5,8-9H2. The maximum atomic E-state index is 12.0. The van der Waals surface area contributed by atoms with Gasteiger partial charge in [0.25, 0.3) is 11.8 Å². The molecule has 1 saturated heterocycles. The van der Waals surface area contributed by atoms with Gasteiger partial charge in [-0.3, -0.25) is 9.59 Å². The molecule has 0 radical (unpaired) electrons. The van der Waals surface area contributed by atoms with Crippen LogP contribution in [-0.4, -0.2) is 35.6 Å². The summed E-state index contributed by atoms with van der Waals surface area (Å²) in [5.41, 5.74) is 0.508. The Labute approximate surface area is 121 Å². The van der Waals surface area contributed by atoms with E-state index in [0.29, 0.717) is 11.7 Å². The quantitative estimate of drug-likeness (QED) is 0.792. The van der Waals surface area contributed by atoms with E-state index in [-0.39, 0.29) is 23.7 Å². The number of benzene rings is 1. The molecule has 0 saturated carbocycles. The first-order chi connectivity index (χ1) is 10.2. The van der Waals surface area contributed by atoms with Crippen LogP contribution >= 0.6 is 0 Å². The summed E-state index contributed by atoms with van der Waals surface area (Å²) < 4.78 is 5.44. The highest BCUT2D eigenvalue weighted by atomic mass is 16.7. The Balaban J connectivity index is 1.64. The summed E-state index contributed by atoms with van der Waals surface area (Å²) in [6.45, 7) is 0.630. The molecule has 21 heavy (non-hydrogen) atoms. The van der Waals surface area contributed by atoms with Gasteiger partial charge in [-0.05, 0) is 31.4 Å². The van der Waals surface area contributed by atoms with Gasteiger partial charge in [-0.2, -0.15) is 0 Å². The van der Waals surface area contributed by atoms with Crippen LogP contribution in [0.15, 0.2) is 24.3 Å². The molecule has 2 aliphatic heterocycles. The van der Waals surface area contributed by atoms with Crippen LogP contribution < -0.4 is 0 Å². The summed E-state index contributed by atoms with van der Waals surface area (Å²) in [4.78, 5) is 40.9. The number of carbonyl (C=O) groups excluding carboxylic acids is 3. The monoisotopic (exact) mass is 289 g/mol. The summed E-state index contributed by atoms with van der Waals surface area (Å²) >= 11 is 0. The second-order valence-corrected chi connectivity index (χ2v) is 5.11. The zero-order chi connectivity index (χ0) is 14.8. The lowest BCUT2D eigenvalue weighted by Crippen LogP contribution is -2.34. The lowest BCUT2D eigenvalue weighted by molar-refractivity contribution is -0.172. The van der Waals surface area contributed by atoms with Crippen molar-refractivity contribution in [2.45, 2.75) is 31.8 Å². The van der Waals surface area contributed by atoms with E-state index >= 15 is 0 Å². The van der Waals surface area contributed by atoms with Crippen LogP contribution in [0.25, 0.3) is 0 Å². The molecule has 0 bridgehead atoms. The van der Waals surface area contributed by atoms with Gasteiger partial charge in [0.15, 0.2) is 0 Å². The zero-order valence-electron chi connectivity index (χ0n) is 11.4. The lowest BCUT2D eigenvalue weighted by atomic mass is 10.1. The van der Waals surface area contributed by atoms with Gasteiger partial charge < -0.3 is 9.57 Å². The van der Waals surface area contributed by atoms with E-state index in [9.17, 15) is 14.4 Å². The fourth-order valence-corrected chi connectivity index (χ4v) is 2.54. The topological polar surface area (TPSA) is 72.9 Å². The van der Waals surface area contributed by atoms with Gasteiger partial charge in [0.1, 0.15) is 0 Å². The minimum Gasteiger partial charge on any atom is -0.378 e. The summed E-state index contributed by atoms with van der Waals surface area (Å²) in [6, 6.07) is 6.39. The summed E-state index contributed by atoms with van der Waals surface area (Å²) in [6.07, 6.45) is 2.64. The molecule has 2 amide bonds. The van der Waals surface area contributed by atoms with Crippen LogP contribution in [0.1, 0.15) is 46.4 Å². The third kappa shape index (κ3) is 2.67. The molecule has 0 aromatic heterocycles. The van der Waals surface area contributed by atoms with Crippen LogP contribution in [0.5, 0.6) is 0 Å². The van der Waals surface area contributed by atoms with Crippen molar-refractivity contribution in [1.82, 2.24) is 5.06 Å². The first kappa shape index (κ1) is 13.8. The lowest BCUT2D eigenvalue weighted by Gasteiger charge is -2.22. The minimum atomic E-state index is -0.628. The average molecular weight is 289 g/mol. The van der Waals surface area contributed by atoms with E-state index in [2.05, 4.69) is 0 Å². The fourth-order valence-electron chi connectivity index (χ4n) is 2.54. The molecule has 6 nitrogen and oxygen atoms in total. The van der Waals surface area contributed by atoms with Gasteiger partial charge in [0, 0.05) is 6.61 Å². The van der Waals surface area contributed by atoms with Crippen molar-refractivity contribution in [2.75, 3.05) is 6.61 Å². The first-order valence-electron chi connectivity index (χ1n) is 6.97. The maximum Gasteiger partial charge on any atom is 0.335 e. The second kappa shape index (κ2) is 5.65. The van der Waals surface area contributed by atoms with Crippen LogP contribution in [0.4, 0.5) is 0 Å². The van der Waals surface area contributed by atoms with E-state index in [0.717, 1.165) is 19.3 Å². The number of hydrogen-bond acceptors (Lipinski definition) is 5. The molecule has 0 aliphatic carbocycles. The summed E-state index contributed by atoms with van der Waals surface area (Å²) in [5.74, 6) is -1.83. The molecule has 6 heteroatoms. The van der Waals surface area contributed by atoms with Gasteiger partial charge in [0.2, 0.25) is 0 Å².